The number of carbonyl (C=O) groups is 1. The molecule has 0 bridgehead atoms. The fourth-order valence-corrected chi connectivity index (χ4v) is 3.78. The van der Waals surface area contributed by atoms with Crippen LogP contribution in [0.4, 0.5) is 11.5 Å². The van der Waals surface area contributed by atoms with Gasteiger partial charge in [-0.25, -0.2) is 4.98 Å². The van der Waals surface area contributed by atoms with E-state index in [2.05, 4.69) is 15.2 Å². The van der Waals surface area contributed by atoms with Gasteiger partial charge >= 0.3 is 0 Å². The van der Waals surface area contributed by atoms with E-state index in [9.17, 15) is 4.79 Å². The molecule has 3 aromatic rings. The predicted octanol–water partition coefficient (Wildman–Crippen LogP) is 3.90. The maximum Gasteiger partial charge on any atom is 0.267 e. The van der Waals surface area contributed by atoms with Crippen molar-refractivity contribution in [2.75, 3.05) is 36.5 Å². The number of nitrogens with zero attached hydrogens (tertiary/aromatic N) is 2. The summed E-state index contributed by atoms with van der Waals surface area (Å²) in [6.07, 6.45) is 1.80. The number of anilines is 2. The van der Waals surface area contributed by atoms with Crippen molar-refractivity contribution in [2.45, 2.75) is 0 Å². The van der Waals surface area contributed by atoms with E-state index in [0.717, 1.165) is 43.1 Å². The molecule has 0 atom stereocenters. The summed E-state index contributed by atoms with van der Waals surface area (Å²) >= 11 is 1.44. The number of aromatic nitrogens is 1. The van der Waals surface area contributed by atoms with Crippen molar-refractivity contribution in [1.29, 1.82) is 0 Å². The standard InChI is InChI=1S/C20H19N3O2S/c24-20(19-17(8-13-26-19)15-4-2-1-3-5-15)22-18-7-6-16(14-21-18)23-9-11-25-12-10-23/h1-8,13-14H,9-12H2,(H,21,22,24). The van der Waals surface area contributed by atoms with Crippen LogP contribution in [0.5, 0.6) is 0 Å². The Morgan fingerprint density at radius 1 is 1.08 bits per heavy atom. The first kappa shape index (κ1) is 16.8. The predicted molar refractivity (Wildman–Crippen MR) is 105 cm³/mol. The van der Waals surface area contributed by atoms with Crippen LogP contribution < -0.4 is 10.2 Å². The van der Waals surface area contributed by atoms with Crippen LogP contribution >= 0.6 is 11.3 Å². The molecule has 1 aliphatic heterocycles. The summed E-state index contributed by atoms with van der Waals surface area (Å²) in [4.78, 5) is 20.0. The molecule has 0 unspecified atom stereocenters. The van der Waals surface area contributed by atoms with E-state index in [-0.39, 0.29) is 5.91 Å². The van der Waals surface area contributed by atoms with Gasteiger partial charge in [-0.2, -0.15) is 0 Å². The number of thiophene rings is 1. The lowest BCUT2D eigenvalue weighted by Gasteiger charge is -2.28. The molecule has 4 rings (SSSR count). The highest BCUT2D eigenvalue weighted by molar-refractivity contribution is 7.12. The molecule has 1 amide bonds. The highest BCUT2D eigenvalue weighted by atomic mass is 32.1. The van der Waals surface area contributed by atoms with Gasteiger partial charge in [0.1, 0.15) is 10.7 Å². The number of amides is 1. The van der Waals surface area contributed by atoms with Gasteiger partial charge < -0.3 is 15.0 Å². The smallest absolute Gasteiger partial charge is 0.267 e. The van der Waals surface area contributed by atoms with Crippen molar-refractivity contribution in [2.24, 2.45) is 0 Å². The number of hydrogen-bond donors (Lipinski definition) is 1. The molecule has 1 saturated heterocycles. The maximum absolute atomic E-state index is 12.7. The van der Waals surface area contributed by atoms with Crippen molar-refractivity contribution in [3.8, 4) is 11.1 Å². The van der Waals surface area contributed by atoms with E-state index in [1.807, 2.05) is 53.9 Å². The Morgan fingerprint density at radius 2 is 1.88 bits per heavy atom. The van der Waals surface area contributed by atoms with Gasteiger partial charge in [-0.15, -0.1) is 11.3 Å². The van der Waals surface area contributed by atoms with Crippen molar-refractivity contribution < 1.29 is 9.53 Å². The van der Waals surface area contributed by atoms with E-state index in [1.54, 1.807) is 6.20 Å². The number of rotatable bonds is 4. The zero-order chi connectivity index (χ0) is 17.8. The number of pyridine rings is 1. The first-order valence-electron chi connectivity index (χ1n) is 8.54. The largest absolute Gasteiger partial charge is 0.378 e. The van der Waals surface area contributed by atoms with Crippen LogP contribution in [0.3, 0.4) is 0 Å². The van der Waals surface area contributed by atoms with Gasteiger partial charge in [0.15, 0.2) is 0 Å². The minimum Gasteiger partial charge on any atom is -0.378 e. The third kappa shape index (κ3) is 3.61. The number of nitrogens with one attached hydrogen (secondary N) is 1. The highest BCUT2D eigenvalue weighted by Gasteiger charge is 2.16. The molecule has 1 fully saturated rings. The molecule has 132 valence electrons. The SMILES string of the molecule is O=C(Nc1ccc(N2CCOCC2)cn1)c1sccc1-c1ccccc1. The second-order valence-electron chi connectivity index (χ2n) is 5.98. The molecule has 0 aliphatic carbocycles. The third-order valence-corrected chi connectivity index (χ3v) is 5.24. The summed E-state index contributed by atoms with van der Waals surface area (Å²) in [7, 11) is 0. The number of benzene rings is 1. The van der Waals surface area contributed by atoms with Crippen LogP contribution in [0.1, 0.15) is 9.67 Å². The van der Waals surface area contributed by atoms with Crippen LogP contribution in [-0.4, -0.2) is 37.2 Å². The average molecular weight is 365 g/mol. The molecule has 0 spiro atoms. The van der Waals surface area contributed by atoms with E-state index < -0.39 is 0 Å². The normalized spacial score (nSPS) is 14.2. The second-order valence-corrected chi connectivity index (χ2v) is 6.90. The fraction of sp³-hybridized carbons (Fsp3) is 0.200. The number of carbonyl (C=O) groups excluding carboxylic acids is 1. The summed E-state index contributed by atoms with van der Waals surface area (Å²) in [6, 6.07) is 15.7. The van der Waals surface area contributed by atoms with Gasteiger partial charge in [-0.3, -0.25) is 4.79 Å². The summed E-state index contributed by atoms with van der Waals surface area (Å²) in [5, 5.41) is 4.84. The Hall–Kier alpha value is -2.70. The van der Waals surface area contributed by atoms with Crippen LogP contribution in [-0.2, 0) is 4.74 Å². The van der Waals surface area contributed by atoms with Gasteiger partial charge in [0, 0.05) is 18.7 Å². The molecule has 2 aromatic heterocycles. The molecule has 26 heavy (non-hydrogen) atoms. The van der Waals surface area contributed by atoms with Crippen LogP contribution in [0.2, 0.25) is 0 Å². The molecule has 3 heterocycles. The van der Waals surface area contributed by atoms with Gasteiger partial charge in [0.2, 0.25) is 0 Å². The monoisotopic (exact) mass is 365 g/mol. The number of hydrogen-bond acceptors (Lipinski definition) is 5. The lowest BCUT2D eigenvalue weighted by molar-refractivity contribution is 0.103. The van der Waals surface area contributed by atoms with Gasteiger partial charge in [0.25, 0.3) is 5.91 Å². The van der Waals surface area contributed by atoms with Crippen LogP contribution in [0.25, 0.3) is 11.1 Å². The molecule has 0 saturated carbocycles. The molecule has 5 nitrogen and oxygen atoms in total. The van der Waals surface area contributed by atoms with E-state index in [1.165, 1.54) is 11.3 Å². The first-order chi connectivity index (χ1) is 12.8. The molecule has 1 N–H and O–H groups in total. The molecular formula is C20H19N3O2S. The summed E-state index contributed by atoms with van der Waals surface area (Å²) < 4.78 is 5.37. The van der Waals surface area contributed by atoms with Crippen LogP contribution in [0, 0.1) is 0 Å². The lowest BCUT2D eigenvalue weighted by atomic mass is 10.1. The topological polar surface area (TPSA) is 54.5 Å². The Kier molecular flexibility index (Phi) is 4.95. The first-order valence-corrected chi connectivity index (χ1v) is 9.42. The molecule has 0 radical (unpaired) electrons. The average Bonchev–Trinajstić information content (AvgIpc) is 3.20. The Bertz CT molecular complexity index is 872. The zero-order valence-electron chi connectivity index (χ0n) is 14.2. The summed E-state index contributed by atoms with van der Waals surface area (Å²) in [6.45, 7) is 3.20. The molecule has 1 aliphatic rings. The van der Waals surface area contributed by atoms with Crippen LogP contribution in [0.15, 0.2) is 60.1 Å². The van der Waals surface area contributed by atoms with E-state index >= 15 is 0 Å². The molecule has 6 heteroatoms. The van der Waals surface area contributed by atoms with Gasteiger partial charge in [-0.1, -0.05) is 30.3 Å². The minimum absolute atomic E-state index is 0.134. The van der Waals surface area contributed by atoms with Crippen molar-refractivity contribution in [1.82, 2.24) is 4.98 Å². The number of morpholine rings is 1. The van der Waals surface area contributed by atoms with Crippen molar-refractivity contribution in [3.05, 3.63) is 65.0 Å². The molecule has 1 aromatic carbocycles. The fourth-order valence-electron chi connectivity index (χ4n) is 2.97. The minimum atomic E-state index is -0.134. The summed E-state index contributed by atoms with van der Waals surface area (Å²) in [5.74, 6) is 0.421. The van der Waals surface area contributed by atoms with Gasteiger partial charge in [-0.05, 0) is 29.1 Å². The van der Waals surface area contributed by atoms with Gasteiger partial charge in [0.05, 0.1) is 25.1 Å². The Morgan fingerprint density at radius 3 is 2.62 bits per heavy atom. The van der Waals surface area contributed by atoms with E-state index in [0.29, 0.717) is 10.7 Å². The number of ether oxygens (including phenoxy) is 1. The zero-order valence-corrected chi connectivity index (χ0v) is 15.0. The van der Waals surface area contributed by atoms with Crippen molar-refractivity contribution >= 4 is 28.7 Å². The van der Waals surface area contributed by atoms with E-state index in [4.69, 9.17) is 4.74 Å². The summed E-state index contributed by atoms with van der Waals surface area (Å²) in [5.41, 5.74) is 3.03. The molecular weight excluding hydrogens is 346 g/mol. The maximum atomic E-state index is 12.7. The highest BCUT2D eigenvalue weighted by Crippen LogP contribution is 2.29. The second kappa shape index (κ2) is 7.68. The Labute approximate surface area is 156 Å². The lowest BCUT2D eigenvalue weighted by Crippen LogP contribution is -2.36. The Balaban J connectivity index is 1.48. The van der Waals surface area contributed by atoms with Crippen molar-refractivity contribution in [3.63, 3.8) is 0 Å². The third-order valence-electron chi connectivity index (χ3n) is 4.32. The quantitative estimate of drug-likeness (QED) is 0.762.